The second kappa shape index (κ2) is 3.90. The van der Waals surface area contributed by atoms with Gasteiger partial charge in [0.2, 0.25) is 5.88 Å². The number of hydrogen-bond donors (Lipinski definition) is 1. The van der Waals surface area contributed by atoms with Crippen LogP contribution in [0.15, 0.2) is 42.7 Å². The van der Waals surface area contributed by atoms with Gasteiger partial charge in [0.05, 0.1) is 18.8 Å². The van der Waals surface area contributed by atoms with E-state index < -0.39 is 0 Å². The zero-order chi connectivity index (χ0) is 11.7. The molecule has 0 radical (unpaired) electrons. The number of nitrogens with zero attached hydrogens (tertiary/aromatic N) is 2. The lowest BCUT2D eigenvalue weighted by Gasteiger charge is -2.05. The molecule has 0 unspecified atom stereocenters. The van der Waals surface area contributed by atoms with E-state index >= 15 is 0 Å². The van der Waals surface area contributed by atoms with Gasteiger partial charge in [0.25, 0.3) is 0 Å². The van der Waals surface area contributed by atoms with Crippen LogP contribution in [0.3, 0.4) is 0 Å². The summed E-state index contributed by atoms with van der Waals surface area (Å²) in [7, 11) is 1.62. The van der Waals surface area contributed by atoms with E-state index in [1.165, 1.54) is 0 Å². The highest BCUT2D eigenvalue weighted by Gasteiger charge is 2.06. The number of methoxy groups -OCH3 is 1. The quantitative estimate of drug-likeness (QED) is 0.729. The maximum atomic E-state index is 5.16. The highest BCUT2D eigenvalue weighted by Crippen LogP contribution is 2.27. The molecular formula is C13H11N3O. The first kappa shape index (κ1) is 9.84. The Morgan fingerprint density at radius 2 is 2.12 bits per heavy atom. The van der Waals surface area contributed by atoms with E-state index in [0.717, 1.165) is 22.0 Å². The maximum absolute atomic E-state index is 5.16. The first-order valence-electron chi connectivity index (χ1n) is 5.31. The second-order valence-corrected chi connectivity index (χ2v) is 3.72. The fraction of sp³-hybridized carbons (Fsp3) is 0.0769. The number of rotatable bonds is 2. The van der Waals surface area contributed by atoms with E-state index in [1.807, 2.05) is 36.5 Å². The Balaban J connectivity index is 2.30. The number of benzene rings is 1. The fourth-order valence-corrected chi connectivity index (χ4v) is 1.87. The Hall–Kier alpha value is -2.36. The molecule has 0 aliphatic rings. The Morgan fingerprint density at radius 3 is 2.88 bits per heavy atom. The number of pyridine rings is 1. The summed E-state index contributed by atoms with van der Waals surface area (Å²) in [4.78, 5) is 4.49. The lowest BCUT2D eigenvalue weighted by molar-refractivity contribution is 0.399. The van der Waals surface area contributed by atoms with Crippen LogP contribution in [0.1, 0.15) is 0 Å². The Bertz CT molecular complexity index is 647. The van der Waals surface area contributed by atoms with Crippen molar-refractivity contribution in [1.29, 1.82) is 0 Å². The van der Waals surface area contributed by atoms with Crippen molar-refractivity contribution in [1.82, 2.24) is 15.2 Å². The highest BCUT2D eigenvalue weighted by molar-refractivity contribution is 5.93. The minimum Gasteiger partial charge on any atom is -0.481 e. The summed E-state index contributed by atoms with van der Waals surface area (Å²) < 4.78 is 5.16. The zero-order valence-electron chi connectivity index (χ0n) is 9.34. The van der Waals surface area contributed by atoms with Crippen LogP contribution in [0.25, 0.3) is 22.0 Å². The van der Waals surface area contributed by atoms with Crippen molar-refractivity contribution in [2.45, 2.75) is 0 Å². The summed E-state index contributed by atoms with van der Waals surface area (Å²) in [6.45, 7) is 0. The van der Waals surface area contributed by atoms with Gasteiger partial charge >= 0.3 is 0 Å². The van der Waals surface area contributed by atoms with Gasteiger partial charge in [-0.3, -0.25) is 5.10 Å². The van der Waals surface area contributed by atoms with Gasteiger partial charge in [0.15, 0.2) is 0 Å². The van der Waals surface area contributed by atoms with Gasteiger partial charge in [0, 0.05) is 28.8 Å². The summed E-state index contributed by atoms with van der Waals surface area (Å²) in [5.74, 6) is 0.619. The standard InChI is InChI=1S/C13H11N3O/c1-17-12-6-5-9-3-2-4-11(13(9)16-12)10-7-14-15-8-10/h2-8H,1H3,(H,14,15). The van der Waals surface area contributed by atoms with Crippen LogP contribution in [0.2, 0.25) is 0 Å². The number of ether oxygens (including phenoxy) is 1. The van der Waals surface area contributed by atoms with Crippen molar-refractivity contribution < 1.29 is 4.74 Å². The molecular weight excluding hydrogens is 214 g/mol. The largest absolute Gasteiger partial charge is 0.481 e. The molecule has 17 heavy (non-hydrogen) atoms. The summed E-state index contributed by atoms with van der Waals surface area (Å²) in [5.41, 5.74) is 3.00. The van der Waals surface area contributed by atoms with Crippen molar-refractivity contribution in [3.63, 3.8) is 0 Å². The monoisotopic (exact) mass is 225 g/mol. The van der Waals surface area contributed by atoms with Gasteiger partial charge in [-0.2, -0.15) is 5.10 Å². The molecule has 2 heterocycles. The minimum atomic E-state index is 0.619. The normalized spacial score (nSPS) is 10.6. The molecule has 1 aromatic carbocycles. The van der Waals surface area contributed by atoms with Crippen molar-refractivity contribution >= 4 is 10.9 Å². The third-order valence-electron chi connectivity index (χ3n) is 2.71. The van der Waals surface area contributed by atoms with Crippen molar-refractivity contribution in [2.75, 3.05) is 7.11 Å². The smallest absolute Gasteiger partial charge is 0.213 e. The van der Waals surface area contributed by atoms with Crippen LogP contribution in [0.5, 0.6) is 5.88 Å². The van der Waals surface area contributed by atoms with E-state index in [1.54, 1.807) is 13.3 Å². The summed E-state index contributed by atoms with van der Waals surface area (Å²) in [6, 6.07) is 9.94. The predicted octanol–water partition coefficient (Wildman–Crippen LogP) is 2.63. The molecule has 1 N–H and O–H groups in total. The molecule has 0 aliphatic carbocycles. The average molecular weight is 225 g/mol. The summed E-state index contributed by atoms with van der Waals surface area (Å²) in [6.07, 6.45) is 3.64. The van der Waals surface area contributed by atoms with E-state index in [4.69, 9.17) is 4.74 Å². The highest BCUT2D eigenvalue weighted by atomic mass is 16.5. The number of nitrogens with one attached hydrogen (secondary N) is 1. The molecule has 4 nitrogen and oxygen atoms in total. The predicted molar refractivity (Wildman–Crippen MR) is 65.9 cm³/mol. The lowest BCUT2D eigenvalue weighted by atomic mass is 10.1. The molecule has 0 aliphatic heterocycles. The molecule has 0 spiro atoms. The number of aromatic amines is 1. The number of aromatic nitrogens is 3. The van der Waals surface area contributed by atoms with Gasteiger partial charge in [0.1, 0.15) is 0 Å². The summed E-state index contributed by atoms with van der Waals surface area (Å²) in [5, 5.41) is 7.86. The van der Waals surface area contributed by atoms with Crippen LogP contribution < -0.4 is 4.74 Å². The van der Waals surface area contributed by atoms with Gasteiger partial charge in [-0.25, -0.2) is 4.98 Å². The van der Waals surface area contributed by atoms with E-state index in [-0.39, 0.29) is 0 Å². The second-order valence-electron chi connectivity index (χ2n) is 3.72. The van der Waals surface area contributed by atoms with E-state index in [2.05, 4.69) is 15.2 Å². The number of para-hydroxylation sites is 1. The van der Waals surface area contributed by atoms with E-state index in [9.17, 15) is 0 Å². The minimum absolute atomic E-state index is 0.619. The molecule has 0 amide bonds. The molecule has 3 rings (SSSR count). The van der Waals surface area contributed by atoms with Crippen LogP contribution in [-0.2, 0) is 0 Å². The molecule has 0 saturated heterocycles. The Kier molecular flexibility index (Phi) is 2.26. The number of fused-ring (bicyclic) bond motifs is 1. The van der Waals surface area contributed by atoms with Crippen LogP contribution in [0, 0.1) is 0 Å². The average Bonchev–Trinajstić information content (AvgIpc) is 2.91. The van der Waals surface area contributed by atoms with Gasteiger partial charge in [-0.15, -0.1) is 0 Å². The van der Waals surface area contributed by atoms with Crippen LogP contribution in [-0.4, -0.2) is 22.3 Å². The van der Waals surface area contributed by atoms with Crippen LogP contribution in [0.4, 0.5) is 0 Å². The molecule has 0 bridgehead atoms. The van der Waals surface area contributed by atoms with Gasteiger partial charge < -0.3 is 4.74 Å². The molecule has 4 heteroatoms. The van der Waals surface area contributed by atoms with Gasteiger partial charge in [-0.05, 0) is 6.07 Å². The zero-order valence-corrected chi connectivity index (χ0v) is 9.34. The SMILES string of the molecule is COc1ccc2cccc(-c3cn[nH]c3)c2n1. The number of H-pyrrole nitrogens is 1. The molecule has 0 saturated carbocycles. The molecule has 84 valence electrons. The van der Waals surface area contributed by atoms with Crippen molar-refractivity contribution in [3.05, 3.63) is 42.7 Å². The maximum Gasteiger partial charge on any atom is 0.213 e. The van der Waals surface area contributed by atoms with Crippen molar-refractivity contribution in [2.24, 2.45) is 0 Å². The molecule has 2 aromatic heterocycles. The fourth-order valence-electron chi connectivity index (χ4n) is 1.87. The lowest BCUT2D eigenvalue weighted by Crippen LogP contribution is -1.89. The van der Waals surface area contributed by atoms with E-state index in [0.29, 0.717) is 5.88 Å². The number of hydrogen-bond acceptors (Lipinski definition) is 3. The topological polar surface area (TPSA) is 50.8 Å². The molecule has 3 aromatic rings. The first-order valence-corrected chi connectivity index (χ1v) is 5.31. The Labute approximate surface area is 98.3 Å². The van der Waals surface area contributed by atoms with Gasteiger partial charge in [-0.1, -0.05) is 18.2 Å². The summed E-state index contributed by atoms with van der Waals surface area (Å²) >= 11 is 0. The first-order chi connectivity index (χ1) is 8.38. The van der Waals surface area contributed by atoms with Crippen molar-refractivity contribution in [3.8, 4) is 17.0 Å². The third-order valence-corrected chi connectivity index (χ3v) is 2.71. The molecule has 0 fully saturated rings. The third kappa shape index (κ3) is 1.63. The molecule has 0 atom stereocenters. The van der Waals surface area contributed by atoms with Crippen LogP contribution >= 0.6 is 0 Å². The Morgan fingerprint density at radius 1 is 1.18 bits per heavy atom.